The molecule has 1 aromatic carbocycles. The first-order chi connectivity index (χ1) is 9.22. The van der Waals surface area contributed by atoms with Crippen molar-refractivity contribution < 1.29 is 4.74 Å². The van der Waals surface area contributed by atoms with Gasteiger partial charge in [0.25, 0.3) is 0 Å². The summed E-state index contributed by atoms with van der Waals surface area (Å²) in [6.07, 6.45) is 1.85. The predicted octanol–water partition coefficient (Wildman–Crippen LogP) is 3.71. The molecule has 1 aromatic heterocycles. The lowest BCUT2D eigenvalue weighted by molar-refractivity contribution is 0.126. The summed E-state index contributed by atoms with van der Waals surface area (Å²) in [5.41, 5.74) is 0. The molecule has 0 amide bonds. The molecule has 0 aliphatic heterocycles. The van der Waals surface area contributed by atoms with Gasteiger partial charge in [0.15, 0.2) is 0 Å². The zero-order valence-corrected chi connectivity index (χ0v) is 11.9. The average Bonchev–Trinajstić information content (AvgIpc) is 2.43. The summed E-state index contributed by atoms with van der Waals surface area (Å²) in [4.78, 5) is 4.47. The highest BCUT2D eigenvalue weighted by Gasteiger charge is 2.14. The zero-order chi connectivity index (χ0) is 13.7. The van der Waals surface area contributed by atoms with E-state index in [-0.39, 0.29) is 6.04 Å². The van der Waals surface area contributed by atoms with Crippen molar-refractivity contribution in [3.05, 3.63) is 36.5 Å². The van der Waals surface area contributed by atoms with Gasteiger partial charge in [-0.25, -0.2) is 4.98 Å². The van der Waals surface area contributed by atoms with E-state index in [2.05, 4.69) is 36.3 Å². The summed E-state index contributed by atoms with van der Waals surface area (Å²) >= 11 is 0. The number of aromatic nitrogens is 1. The molecule has 0 aliphatic carbocycles. The maximum absolute atomic E-state index is 5.55. The quantitative estimate of drug-likeness (QED) is 0.857. The number of hydrogen-bond donors (Lipinski definition) is 1. The number of benzene rings is 1. The third-order valence-corrected chi connectivity index (χ3v) is 3.30. The molecule has 3 heteroatoms. The maximum Gasteiger partial charge on any atom is 0.134 e. The third kappa shape index (κ3) is 3.44. The Kier molecular flexibility index (Phi) is 4.74. The van der Waals surface area contributed by atoms with Gasteiger partial charge in [-0.05, 0) is 24.3 Å². The molecule has 1 N–H and O–H groups in total. The number of nitrogens with zero attached hydrogens (tertiary/aromatic N) is 1. The fourth-order valence-electron chi connectivity index (χ4n) is 2.06. The van der Waals surface area contributed by atoms with Crippen molar-refractivity contribution in [3.63, 3.8) is 0 Å². The monoisotopic (exact) mass is 258 g/mol. The van der Waals surface area contributed by atoms with Gasteiger partial charge in [0.1, 0.15) is 5.82 Å². The van der Waals surface area contributed by atoms with Crippen molar-refractivity contribution >= 4 is 16.6 Å². The number of nitrogens with one attached hydrogen (secondary N) is 1. The minimum Gasteiger partial charge on any atom is -0.380 e. The number of ether oxygens (including phenoxy) is 1. The van der Waals surface area contributed by atoms with Crippen LogP contribution in [0.3, 0.4) is 0 Å². The molecule has 1 unspecified atom stereocenters. The van der Waals surface area contributed by atoms with E-state index in [1.807, 2.05) is 31.3 Å². The molecule has 3 nitrogen and oxygen atoms in total. The van der Waals surface area contributed by atoms with E-state index < -0.39 is 0 Å². The Labute approximate surface area is 115 Å². The van der Waals surface area contributed by atoms with Crippen molar-refractivity contribution in [3.8, 4) is 0 Å². The van der Waals surface area contributed by atoms with E-state index in [0.29, 0.717) is 12.5 Å². The predicted molar refractivity (Wildman–Crippen MR) is 80.5 cm³/mol. The van der Waals surface area contributed by atoms with Crippen molar-refractivity contribution in [2.45, 2.75) is 26.8 Å². The summed E-state index contributed by atoms with van der Waals surface area (Å²) in [5, 5.41) is 5.89. The van der Waals surface area contributed by atoms with E-state index in [4.69, 9.17) is 4.74 Å². The summed E-state index contributed by atoms with van der Waals surface area (Å²) < 4.78 is 5.55. The van der Waals surface area contributed by atoms with Gasteiger partial charge < -0.3 is 10.1 Å². The van der Waals surface area contributed by atoms with Crippen LogP contribution < -0.4 is 5.32 Å². The Morgan fingerprint density at radius 2 is 2.00 bits per heavy atom. The zero-order valence-electron chi connectivity index (χ0n) is 11.9. The van der Waals surface area contributed by atoms with Crippen LogP contribution in [0.5, 0.6) is 0 Å². The third-order valence-electron chi connectivity index (χ3n) is 3.30. The molecule has 0 saturated heterocycles. The molecular weight excluding hydrogens is 236 g/mol. The van der Waals surface area contributed by atoms with Crippen LogP contribution in [-0.2, 0) is 4.74 Å². The van der Waals surface area contributed by atoms with Gasteiger partial charge in [0.2, 0.25) is 0 Å². The molecule has 2 aromatic rings. The van der Waals surface area contributed by atoms with Crippen LogP contribution in [0.2, 0.25) is 0 Å². The van der Waals surface area contributed by atoms with Crippen LogP contribution in [0.4, 0.5) is 5.82 Å². The van der Waals surface area contributed by atoms with E-state index in [1.54, 1.807) is 0 Å². The minimum absolute atomic E-state index is 0.276. The first kappa shape index (κ1) is 13.8. The summed E-state index contributed by atoms with van der Waals surface area (Å²) in [6, 6.07) is 10.6. The number of rotatable bonds is 6. The van der Waals surface area contributed by atoms with Crippen LogP contribution in [-0.4, -0.2) is 24.2 Å². The van der Waals surface area contributed by atoms with Crippen LogP contribution in [0.15, 0.2) is 36.5 Å². The van der Waals surface area contributed by atoms with Gasteiger partial charge in [-0.3, -0.25) is 0 Å². The molecule has 19 heavy (non-hydrogen) atoms. The summed E-state index contributed by atoms with van der Waals surface area (Å²) in [7, 11) is 0. The highest BCUT2D eigenvalue weighted by Crippen LogP contribution is 2.22. The molecule has 1 atom stereocenters. The van der Waals surface area contributed by atoms with Gasteiger partial charge in [-0.2, -0.15) is 0 Å². The lowest BCUT2D eigenvalue weighted by atomic mass is 10.0. The van der Waals surface area contributed by atoms with E-state index >= 15 is 0 Å². The van der Waals surface area contributed by atoms with Gasteiger partial charge in [-0.15, -0.1) is 0 Å². The lowest BCUT2D eigenvalue weighted by Gasteiger charge is -2.23. The average molecular weight is 258 g/mol. The van der Waals surface area contributed by atoms with Gasteiger partial charge in [-0.1, -0.05) is 38.1 Å². The fourth-order valence-corrected chi connectivity index (χ4v) is 2.06. The molecule has 1 heterocycles. The van der Waals surface area contributed by atoms with E-state index in [0.717, 1.165) is 17.8 Å². The summed E-state index contributed by atoms with van der Waals surface area (Å²) in [5.74, 6) is 1.43. The minimum atomic E-state index is 0.276. The normalized spacial score (nSPS) is 12.8. The van der Waals surface area contributed by atoms with Gasteiger partial charge in [0, 0.05) is 18.2 Å². The molecule has 2 rings (SSSR count). The first-order valence-electron chi connectivity index (χ1n) is 6.90. The molecule has 0 radical (unpaired) electrons. The van der Waals surface area contributed by atoms with Crippen molar-refractivity contribution in [2.75, 3.05) is 18.5 Å². The van der Waals surface area contributed by atoms with Crippen molar-refractivity contribution in [1.82, 2.24) is 4.98 Å². The van der Waals surface area contributed by atoms with E-state index in [1.165, 1.54) is 5.39 Å². The van der Waals surface area contributed by atoms with Crippen LogP contribution in [0.1, 0.15) is 20.8 Å². The lowest BCUT2D eigenvalue weighted by Crippen LogP contribution is -2.31. The molecule has 0 aliphatic rings. The maximum atomic E-state index is 5.55. The van der Waals surface area contributed by atoms with Crippen LogP contribution in [0.25, 0.3) is 10.8 Å². The molecule has 0 fully saturated rings. The smallest absolute Gasteiger partial charge is 0.134 e. The highest BCUT2D eigenvalue weighted by atomic mass is 16.5. The molecule has 0 bridgehead atoms. The summed E-state index contributed by atoms with van der Waals surface area (Å²) in [6.45, 7) is 7.87. The molecule has 0 saturated carbocycles. The van der Waals surface area contributed by atoms with Crippen LogP contribution in [0, 0.1) is 5.92 Å². The molecule has 0 spiro atoms. The SMILES string of the molecule is CCOCC(Nc1nccc2ccccc12)C(C)C. The Morgan fingerprint density at radius 3 is 2.74 bits per heavy atom. The highest BCUT2D eigenvalue weighted by molar-refractivity contribution is 5.91. The van der Waals surface area contributed by atoms with Crippen molar-refractivity contribution in [1.29, 1.82) is 0 Å². The second kappa shape index (κ2) is 6.53. The second-order valence-corrected chi connectivity index (χ2v) is 5.04. The van der Waals surface area contributed by atoms with Gasteiger partial charge in [0.05, 0.1) is 12.6 Å². The van der Waals surface area contributed by atoms with Crippen molar-refractivity contribution in [2.24, 2.45) is 5.92 Å². The Hall–Kier alpha value is -1.61. The first-order valence-corrected chi connectivity index (χ1v) is 6.90. The largest absolute Gasteiger partial charge is 0.380 e. The Bertz CT molecular complexity index is 520. The standard InChI is InChI=1S/C16H22N2O/c1-4-19-11-15(12(2)3)18-16-14-8-6-5-7-13(14)9-10-17-16/h5-10,12,15H,4,11H2,1-3H3,(H,17,18). The molecular formula is C16H22N2O. The Morgan fingerprint density at radius 1 is 1.21 bits per heavy atom. The number of fused-ring (bicyclic) bond motifs is 1. The van der Waals surface area contributed by atoms with Crippen LogP contribution >= 0.6 is 0 Å². The van der Waals surface area contributed by atoms with E-state index in [9.17, 15) is 0 Å². The molecule has 102 valence electrons. The number of anilines is 1. The topological polar surface area (TPSA) is 34.1 Å². The number of hydrogen-bond acceptors (Lipinski definition) is 3. The fraction of sp³-hybridized carbons (Fsp3) is 0.438. The van der Waals surface area contributed by atoms with Gasteiger partial charge >= 0.3 is 0 Å². The second-order valence-electron chi connectivity index (χ2n) is 5.04. The Balaban J connectivity index is 2.23. The number of pyridine rings is 1.